The highest BCUT2D eigenvalue weighted by Gasteiger charge is 2.06. The Bertz CT molecular complexity index is 507. The van der Waals surface area contributed by atoms with Crippen LogP contribution in [0.15, 0.2) is 24.4 Å². The van der Waals surface area contributed by atoms with Gasteiger partial charge >= 0.3 is 0 Å². The van der Waals surface area contributed by atoms with E-state index < -0.39 is 0 Å². The first-order chi connectivity index (χ1) is 8.31. The molecule has 0 fully saturated rings. The molecule has 0 saturated carbocycles. The second kappa shape index (κ2) is 5.45. The number of carbonyl (C=O) groups is 1. The molecule has 1 heterocycles. The van der Waals surface area contributed by atoms with Gasteiger partial charge in [0.1, 0.15) is 0 Å². The van der Waals surface area contributed by atoms with Crippen LogP contribution in [0, 0.1) is 0 Å². The molecule has 1 aromatic heterocycles. The number of hydrogen-bond acceptors (Lipinski definition) is 3. The highest BCUT2D eigenvalue weighted by Crippen LogP contribution is 2.20. The molecule has 1 aromatic carbocycles. The van der Waals surface area contributed by atoms with Crippen LogP contribution in [0.1, 0.15) is 19.3 Å². The summed E-state index contributed by atoms with van der Waals surface area (Å²) < 4.78 is 0. The normalized spacial score (nSPS) is 10.6. The van der Waals surface area contributed by atoms with E-state index in [0.717, 1.165) is 16.6 Å². The Morgan fingerprint density at radius 2 is 2.29 bits per heavy atom. The molecule has 0 bridgehead atoms. The third-order valence-corrected chi connectivity index (χ3v) is 2.56. The fraction of sp³-hybridized carbons (Fsp3) is 0.333. The molecular formula is C12H15N3O2. The number of aliphatic hydroxyl groups excluding tert-OH is 1. The summed E-state index contributed by atoms with van der Waals surface area (Å²) in [5.74, 6) is -0.0412. The Balaban J connectivity index is 2.03. The van der Waals surface area contributed by atoms with E-state index in [1.165, 1.54) is 0 Å². The number of hydrogen-bond donors (Lipinski definition) is 3. The summed E-state index contributed by atoms with van der Waals surface area (Å²) in [6, 6.07) is 5.64. The van der Waals surface area contributed by atoms with Crippen LogP contribution in [-0.4, -0.2) is 27.8 Å². The Morgan fingerprint density at radius 1 is 1.41 bits per heavy atom. The van der Waals surface area contributed by atoms with Crippen LogP contribution in [-0.2, 0) is 4.79 Å². The number of anilines is 1. The minimum absolute atomic E-state index is 0.0412. The van der Waals surface area contributed by atoms with Crippen LogP contribution in [0.3, 0.4) is 0 Å². The summed E-state index contributed by atoms with van der Waals surface area (Å²) in [5, 5.41) is 19.2. The van der Waals surface area contributed by atoms with Gasteiger partial charge in [-0.2, -0.15) is 5.10 Å². The van der Waals surface area contributed by atoms with E-state index in [2.05, 4.69) is 15.5 Å². The maximum Gasteiger partial charge on any atom is 0.224 e. The molecule has 0 saturated heterocycles. The van der Waals surface area contributed by atoms with Gasteiger partial charge in [0, 0.05) is 18.4 Å². The topological polar surface area (TPSA) is 78.0 Å². The molecule has 5 nitrogen and oxygen atoms in total. The van der Waals surface area contributed by atoms with Gasteiger partial charge in [0.15, 0.2) is 0 Å². The fourth-order valence-corrected chi connectivity index (χ4v) is 1.68. The quantitative estimate of drug-likeness (QED) is 0.687. The lowest BCUT2D eigenvalue weighted by Crippen LogP contribution is -2.11. The standard InChI is InChI=1S/C12H15N3O2/c16-7-2-1-6-11(17)14-10-5-3-4-9-8-13-15-12(9)10/h3-5,8,16H,1-2,6-7H2,(H,13,15)(H,14,17). The largest absolute Gasteiger partial charge is 0.396 e. The smallest absolute Gasteiger partial charge is 0.224 e. The zero-order valence-electron chi connectivity index (χ0n) is 9.44. The molecule has 5 heteroatoms. The number of para-hydroxylation sites is 1. The SMILES string of the molecule is O=C(CCCCO)Nc1cccc2cn[nH]c12. The van der Waals surface area contributed by atoms with Crippen molar-refractivity contribution in [2.24, 2.45) is 0 Å². The summed E-state index contributed by atoms with van der Waals surface area (Å²) >= 11 is 0. The molecule has 0 aliphatic rings. The summed E-state index contributed by atoms with van der Waals surface area (Å²) in [5.41, 5.74) is 1.58. The lowest BCUT2D eigenvalue weighted by molar-refractivity contribution is -0.116. The average molecular weight is 233 g/mol. The first kappa shape index (κ1) is 11.6. The van der Waals surface area contributed by atoms with Crippen LogP contribution in [0.5, 0.6) is 0 Å². The van der Waals surface area contributed by atoms with E-state index in [1.54, 1.807) is 6.20 Å². The van der Waals surface area contributed by atoms with Crippen molar-refractivity contribution in [2.45, 2.75) is 19.3 Å². The van der Waals surface area contributed by atoms with Crippen LogP contribution in [0.25, 0.3) is 10.9 Å². The number of H-pyrrole nitrogens is 1. The average Bonchev–Trinajstić information content (AvgIpc) is 2.78. The number of fused-ring (bicyclic) bond motifs is 1. The zero-order chi connectivity index (χ0) is 12.1. The molecule has 90 valence electrons. The monoisotopic (exact) mass is 233 g/mol. The van der Waals surface area contributed by atoms with Gasteiger partial charge in [-0.3, -0.25) is 9.89 Å². The number of aromatic amines is 1. The molecule has 0 radical (unpaired) electrons. The van der Waals surface area contributed by atoms with Crippen molar-refractivity contribution in [1.82, 2.24) is 10.2 Å². The van der Waals surface area contributed by atoms with Crippen LogP contribution in [0.2, 0.25) is 0 Å². The number of amides is 1. The van der Waals surface area contributed by atoms with E-state index in [0.29, 0.717) is 19.3 Å². The van der Waals surface area contributed by atoms with E-state index in [4.69, 9.17) is 5.11 Å². The molecule has 0 aliphatic heterocycles. The molecular weight excluding hydrogens is 218 g/mol. The van der Waals surface area contributed by atoms with Crippen molar-refractivity contribution in [3.05, 3.63) is 24.4 Å². The maximum absolute atomic E-state index is 11.6. The first-order valence-electron chi connectivity index (χ1n) is 5.64. The second-order valence-electron chi connectivity index (χ2n) is 3.87. The maximum atomic E-state index is 11.6. The fourth-order valence-electron chi connectivity index (χ4n) is 1.68. The second-order valence-corrected chi connectivity index (χ2v) is 3.87. The van der Waals surface area contributed by atoms with Crippen molar-refractivity contribution < 1.29 is 9.90 Å². The molecule has 1 amide bonds. The van der Waals surface area contributed by atoms with Crippen LogP contribution >= 0.6 is 0 Å². The first-order valence-corrected chi connectivity index (χ1v) is 5.64. The molecule has 2 rings (SSSR count). The van der Waals surface area contributed by atoms with Gasteiger partial charge in [0.2, 0.25) is 5.91 Å². The van der Waals surface area contributed by atoms with E-state index in [1.807, 2.05) is 18.2 Å². The summed E-state index contributed by atoms with van der Waals surface area (Å²) in [6.45, 7) is 0.128. The summed E-state index contributed by atoms with van der Waals surface area (Å²) in [4.78, 5) is 11.6. The van der Waals surface area contributed by atoms with Gasteiger partial charge in [0.05, 0.1) is 17.4 Å². The minimum atomic E-state index is -0.0412. The number of aromatic nitrogens is 2. The molecule has 2 aromatic rings. The predicted molar refractivity (Wildman–Crippen MR) is 65.7 cm³/mol. The number of aliphatic hydroxyl groups is 1. The Labute approximate surface area is 98.8 Å². The van der Waals surface area contributed by atoms with E-state index in [9.17, 15) is 4.79 Å². The highest BCUT2D eigenvalue weighted by atomic mass is 16.2. The lowest BCUT2D eigenvalue weighted by atomic mass is 10.2. The zero-order valence-corrected chi connectivity index (χ0v) is 9.44. The number of carbonyl (C=O) groups excluding carboxylic acids is 1. The molecule has 0 aliphatic carbocycles. The van der Waals surface area contributed by atoms with Crippen molar-refractivity contribution in [3.8, 4) is 0 Å². The Kier molecular flexibility index (Phi) is 3.72. The van der Waals surface area contributed by atoms with Crippen molar-refractivity contribution in [2.75, 3.05) is 11.9 Å². The number of rotatable bonds is 5. The number of nitrogens with one attached hydrogen (secondary N) is 2. The third-order valence-electron chi connectivity index (χ3n) is 2.56. The lowest BCUT2D eigenvalue weighted by Gasteiger charge is -2.05. The van der Waals surface area contributed by atoms with Crippen LogP contribution < -0.4 is 5.32 Å². The predicted octanol–water partition coefficient (Wildman–Crippen LogP) is 1.66. The minimum Gasteiger partial charge on any atom is -0.396 e. The number of nitrogens with zero attached hydrogens (tertiary/aromatic N) is 1. The Morgan fingerprint density at radius 3 is 3.12 bits per heavy atom. The molecule has 0 unspecified atom stereocenters. The van der Waals surface area contributed by atoms with E-state index >= 15 is 0 Å². The van der Waals surface area contributed by atoms with Crippen LogP contribution in [0.4, 0.5) is 5.69 Å². The van der Waals surface area contributed by atoms with Gasteiger partial charge in [-0.05, 0) is 18.9 Å². The van der Waals surface area contributed by atoms with Gasteiger partial charge in [-0.25, -0.2) is 0 Å². The molecule has 3 N–H and O–H groups in total. The van der Waals surface area contributed by atoms with Gasteiger partial charge in [-0.15, -0.1) is 0 Å². The molecule has 0 spiro atoms. The highest BCUT2D eigenvalue weighted by molar-refractivity contribution is 6.00. The van der Waals surface area contributed by atoms with Crippen molar-refractivity contribution >= 4 is 22.5 Å². The van der Waals surface area contributed by atoms with Gasteiger partial charge < -0.3 is 10.4 Å². The van der Waals surface area contributed by atoms with Gasteiger partial charge in [-0.1, -0.05) is 12.1 Å². The Hall–Kier alpha value is -1.88. The summed E-state index contributed by atoms with van der Waals surface area (Å²) in [6.07, 6.45) is 3.49. The number of benzene rings is 1. The summed E-state index contributed by atoms with van der Waals surface area (Å²) in [7, 11) is 0. The van der Waals surface area contributed by atoms with Crippen molar-refractivity contribution in [3.63, 3.8) is 0 Å². The van der Waals surface area contributed by atoms with E-state index in [-0.39, 0.29) is 12.5 Å². The number of unbranched alkanes of at least 4 members (excludes halogenated alkanes) is 1. The van der Waals surface area contributed by atoms with Crippen molar-refractivity contribution in [1.29, 1.82) is 0 Å². The van der Waals surface area contributed by atoms with Gasteiger partial charge in [0.25, 0.3) is 0 Å². The molecule has 17 heavy (non-hydrogen) atoms. The molecule has 0 atom stereocenters. The third kappa shape index (κ3) is 2.82.